The lowest BCUT2D eigenvalue weighted by atomic mass is 9.89. The molecule has 3 rings (SSSR count). The summed E-state index contributed by atoms with van der Waals surface area (Å²) in [7, 11) is 0. The molecule has 2 aromatic rings. The zero-order valence-electron chi connectivity index (χ0n) is 12.7. The predicted octanol–water partition coefficient (Wildman–Crippen LogP) is 5.69. The Hall–Kier alpha value is -0.830. The number of nitrogens with one attached hydrogen (secondary N) is 1. The van der Waals surface area contributed by atoms with E-state index in [0.717, 1.165) is 4.34 Å². The number of hydrogen-bond donors (Lipinski definition) is 1. The molecule has 1 nitrogen and oxygen atoms in total. The van der Waals surface area contributed by atoms with E-state index in [0.29, 0.717) is 12.1 Å². The van der Waals surface area contributed by atoms with Crippen LogP contribution >= 0.6 is 22.9 Å². The van der Waals surface area contributed by atoms with Crippen LogP contribution in [0.4, 0.5) is 0 Å². The molecule has 1 aromatic heterocycles. The van der Waals surface area contributed by atoms with E-state index in [4.69, 9.17) is 11.6 Å². The lowest BCUT2D eigenvalue weighted by molar-refractivity contribution is 0.495. The second-order valence-corrected chi connectivity index (χ2v) is 7.57. The Morgan fingerprint density at radius 1 is 1.00 bits per heavy atom. The third-order valence-electron chi connectivity index (χ3n) is 4.46. The molecule has 2 atom stereocenters. The molecule has 2 unspecified atom stereocenters. The van der Waals surface area contributed by atoms with Crippen molar-refractivity contribution in [1.82, 2.24) is 5.32 Å². The molecule has 0 spiro atoms. The first kappa shape index (κ1) is 15.1. The van der Waals surface area contributed by atoms with Crippen molar-refractivity contribution in [3.8, 4) is 0 Å². The highest BCUT2D eigenvalue weighted by Crippen LogP contribution is 2.28. The minimum atomic E-state index is 0.319. The Morgan fingerprint density at radius 2 is 1.71 bits per heavy atom. The van der Waals surface area contributed by atoms with Crippen LogP contribution in [0.1, 0.15) is 61.0 Å². The second-order valence-electron chi connectivity index (χ2n) is 6.03. The third kappa shape index (κ3) is 3.50. The summed E-state index contributed by atoms with van der Waals surface area (Å²) in [6.07, 6.45) is 5.17. The Kier molecular flexibility index (Phi) is 4.68. The van der Waals surface area contributed by atoms with Gasteiger partial charge in [0, 0.05) is 12.1 Å². The van der Waals surface area contributed by atoms with Gasteiger partial charge in [-0.05, 0) is 73.2 Å². The molecular formula is C18H22ClNS. The number of hydrogen-bond acceptors (Lipinski definition) is 2. The van der Waals surface area contributed by atoms with Crippen LogP contribution in [0.5, 0.6) is 0 Å². The standard InChI is InChI=1S/C18H22ClNS/c1-12(20-13(2)17-10-18(19)21-11-17)15-8-7-14-5-3-4-6-16(14)9-15/h7-13,20H,3-6H2,1-2H3. The third-order valence-corrected chi connectivity index (χ3v) is 5.57. The van der Waals surface area contributed by atoms with Crippen LogP contribution in [0.15, 0.2) is 29.6 Å². The van der Waals surface area contributed by atoms with E-state index >= 15 is 0 Å². The Bertz CT molecular complexity index is 619. The van der Waals surface area contributed by atoms with Gasteiger partial charge in [0.1, 0.15) is 0 Å². The molecule has 0 bridgehead atoms. The van der Waals surface area contributed by atoms with Crippen molar-refractivity contribution in [2.24, 2.45) is 0 Å². The van der Waals surface area contributed by atoms with Gasteiger partial charge in [-0.3, -0.25) is 0 Å². The quantitative estimate of drug-likeness (QED) is 0.763. The molecule has 1 N–H and O–H groups in total. The fourth-order valence-electron chi connectivity index (χ4n) is 3.14. The SMILES string of the molecule is CC(NC(C)c1ccc2c(c1)CCCC2)c1csc(Cl)c1. The van der Waals surface area contributed by atoms with Gasteiger partial charge in [-0.25, -0.2) is 0 Å². The topological polar surface area (TPSA) is 12.0 Å². The molecule has 3 heteroatoms. The Morgan fingerprint density at radius 3 is 2.43 bits per heavy atom. The molecule has 1 heterocycles. The van der Waals surface area contributed by atoms with Crippen LogP contribution in [0, 0.1) is 0 Å². The highest BCUT2D eigenvalue weighted by atomic mass is 35.5. The summed E-state index contributed by atoms with van der Waals surface area (Å²) in [5.74, 6) is 0. The molecule has 1 aromatic carbocycles. The van der Waals surface area contributed by atoms with E-state index in [9.17, 15) is 0 Å². The van der Waals surface area contributed by atoms with Crippen molar-refractivity contribution >= 4 is 22.9 Å². The van der Waals surface area contributed by atoms with E-state index in [-0.39, 0.29) is 0 Å². The van der Waals surface area contributed by atoms with Gasteiger partial charge in [0.25, 0.3) is 0 Å². The molecule has 21 heavy (non-hydrogen) atoms. The van der Waals surface area contributed by atoms with Gasteiger partial charge in [-0.2, -0.15) is 0 Å². The number of benzene rings is 1. The van der Waals surface area contributed by atoms with E-state index in [1.54, 1.807) is 22.5 Å². The average molecular weight is 320 g/mol. The van der Waals surface area contributed by atoms with Crippen molar-refractivity contribution in [1.29, 1.82) is 0 Å². The average Bonchev–Trinajstić information content (AvgIpc) is 2.93. The van der Waals surface area contributed by atoms with E-state index in [2.05, 4.69) is 48.8 Å². The lowest BCUT2D eigenvalue weighted by Gasteiger charge is -2.22. The predicted molar refractivity (Wildman–Crippen MR) is 92.4 cm³/mol. The summed E-state index contributed by atoms with van der Waals surface area (Å²) in [6.45, 7) is 4.45. The lowest BCUT2D eigenvalue weighted by Crippen LogP contribution is -2.22. The molecule has 1 aliphatic rings. The number of fused-ring (bicyclic) bond motifs is 1. The molecule has 0 aliphatic heterocycles. The first-order chi connectivity index (χ1) is 10.1. The van der Waals surface area contributed by atoms with Crippen molar-refractivity contribution in [2.45, 2.75) is 51.6 Å². The summed E-state index contributed by atoms with van der Waals surface area (Å²) < 4.78 is 0.861. The number of aryl methyl sites for hydroxylation is 2. The minimum Gasteiger partial charge on any atom is -0.304 e. The normalized spacial score (nSPS) is 17.3. The maximum Gasteiger partial charge on any atom is 0.0931 e. The number of thiophene rings is 1. The summed E-state index contributed by atoms with van der Waals surface area (Å²) in [5, 5.41) is 5.82. The number of halogens is 1. The van der Waals surface area contributed by atoms with Gasteiger partial charge in [-0.15, -0.1) is 11.3 Å². The molecule has 0 amide bonds. The summed E-state index contributed by atoms with van der Waals surface area (Å²) in [5.41, 5.74) is 5.77. The molecule has 0 radical (unpaired) electrons. The van der Waals surface area contributed by atoms with Gasteiger partial charge >= 0.3 is 0 Å². The second kappa shape index (κ2) is 6.51. The highest BCUT2D eigenvalue weighted by molar-refractivity contribution is 7.14. The maximum absolute atomic E-state index is 6.03. The monoisotopic (exact) mass is 319 g/mol. The van der Waals surface area contributed by atoms with Crippen molar-refractivity contribution < 1.29 is 0 Å². The largest absolute Gasteiger partial charge is 0.304 e. The van der Waals surface area contributed by atoms with Gasteiger partial charge < -0.3 is 5.32 Å². The van der Waals surface area contributed by atoms with E-state index in [1.807, 2.05) is 0 Å². The zero-order valence-corrected chi connectivity index (χ0v) is 14.2. The molecule has 0 fully saturated rings. The fraction of sp³-hybridized carbons (Fsp3) is 0.444. The van der Waals surface area contributed by atoms with Crippen LogP contribution in [0.25, 0.3) is 0 Å². The first-order valence-electron chi connectivity index (χ1n) is 7.75. The summed E-state index contributed by atoms with van der Waals surface area (Å²) >= 11 is 7.63. The highest BCUT2D eigenvalue weighted by Gasteiger charge is 2.15. The van der Waals surface area contributed by atoms with E-state index < -0.39 is 0 Å². The van der Waals surface area contributed by atoms with Gasteiger partial charge in [0.2, 0.25) is 0 Å². The smallest absolute Gasteiger partial charge is 0.0931 e. The maximum atomic E-state index is 6.03. The van der Waals surface area contributed by atoms with Crippen LogP contribution in [-0.4, -0.2) is 0 Å². The van der Waals surface area contributed by atoms with Crippen molar-refractivity contribution in [3.63, 3.8) is 0 Å². The molecule has 112 valence electrons. The number of rotatable bonds is 4. The first-order valence-corrected chi connectivity index (χ1v) is 9.01. The summed E-state index contributed by atoms with van der Waals surface area (Å²) in [4.78, 5) is 0. The van der Waals surface area contributed by atoms with E-state index in [1.165, 1.54) is 36.8 Å². The van der Waals surface area contributed by atoms with Crippen LogP contribution in [0.2, 0.25) is 4.34 Å². The molecule has 0 saturated carbocycles. The molecule has 1 aliphatic carbocycles. The Balaban J connectivity index is 1.71. The zero-order chi connectivity index (χ0) is 14.8. The van der Waals surface area contributed by atoms with Gasteiger partial charge in [0.05, 0.1) is 4.34 Å². The van der Waals surface area contributed by atoms with Gasteiger partial charge in [-0.1, -0.05) is 29.8 Å². The van der Waals surface area contributed by atoms with Crippen molar-refractivity contribution in [2.75, 3.05) is 0 Å². The summed E-state index contributed by atoms with van der Waals surface area (Å²) in [6, 6.07) is 9.75. The van der Waals surface area contributed by atoms with Crippen LogP contribution in [0.3, 0.4) is 0 Å². The fourth-order valence-corrected chi connectivity index (χ4v) is 4.13. The van der Waals surface area contributed by atoms with Crippen molar-refractivity contribution in [3.05, 3.63) is 56.2 Å². The minimum absolute atomic E-state index is 0.319. The Labute approximate surface area is 136 Å². The van der Waals surface area contributed by atoms with Crippen LogP contribution < -0.4 is 5.32 Å². The van der Waals surface area contributed by atoms with Gasteiger partial charge in [0.15, 0.2) is 0 Å². The molecule has 0 saturated heterocycles. The van der Waals surface area contributed by atoms with Crippen LogP contribution in [-0.2, 0) is 12.8 Å². The molecular weight excluding hydrogens is 298 g/mol.